The van der Waals surface area contributed by atoms with Gasteiger partial charge in [0, 0.05) is 11.8 Å². The zero-order chi connectivity index (χ0) is 23.3. The van der Waals surface area contributed by atoms with Gasteiger partial charge in [-0.3, -0.25) is 14.7 Å². The Hall–Kier alpha value is -3.83. The van der Waals surface area contributed by atoms with Crippen molar-refractivity contribution in [2.75, 3.05) is 17.9 Å². The van der Waals surface area contributed by atoms with Crippen LogP contribution in [0.1, 0.15) is 5.56 Å². The Balaban J connectivity index is 1.22. The van der Waals surface area contributed by atoms with E-state index in [1.807, 2.05) is 52.4 Å². The molecule has 0 radical (unpaired) electrons. The number of nitrogens with one attached hydrogen (secondary N) is 2. The van der Waals surface area contributed by atoms with Gasteiger partial charge in [-0.25, -0.2) is 4.79 Å². The van der Waals surface area contributed by atoms with Gasteiger partial charge in [0.1, 0.15) is 0 Å². The molecule has 172 valence electrons. The third kappa shape index (κ3) is 5.05. The van der Waals surface area contributed by atoms with Crippen molar-refractivity contribution in [1.82, 2.24) is 20.1 Å². The fraction of sp³-hybridized carbons (Fsp3) is 0.130. The van der Waals surface area contributed by atoms with E-state index in [1.165, 1.54) is 11.8 Å². The highest BCUT2D eigenvalue weighted by Crippen LogP contribution is 2.34. The standard InChI is InChI=1S/C23H19N5O4S2/c29-20(25-22(30)24-16-8-9-17-18(11-16)32-14-31-17)13-34-23-27-26-21(19-7-4-10-33-19)28(23)12-15-5-2-1-3-6-15/h1-11H,12-14H2,(H2,24,25,29,30). The summed E-state index contributed by atoms with van der Waals surface area (Å²) in [6, 6.07) is 18.3. The molecule has 11 heteroatoms. The maximum Gasteiger partial charge on any atom is 0.325 e. The van der Waals surface area contributed by atoms with Crippen molar-refractivity contribution in [2.24, 2.45) is 0 Å². The number of rotatable bonds is 7. The van der Waals surface area contributed by atoms with E-state index >= 15 is 0 Å². The molecule has 0 unspecified atom stereocenters. The van der Waals surface area contributed by atoms with Gasteiger partial charge in [-0.2, -0.15) is 0 Å². The molecule has 2 aromatic carbocycles. The summed E-state index contributed by atoms with van der Waals surface area (Å²) in [4.78, 5) is 25.7. The second-order valence-electron chi connectivity index (χ2n) is 7.21. The van der Waals surface area contributed by atoms with E-state index < -0.39 is 11.9 Å². The van der Waals surface area contributed by atoms with Crippen LogP contribution in [0.3, 0.4) is 0 Å². The van der Waals surface area contributed by atoms with Gasteiger partial charge in [-0.1, -0.05) is 48.2 Å². The highest BCUT2D eigenvalue weighted by atomic mass is 32.2. The second kappa shape index (κ2) is 9.98. The number of ether oxygens (including phenoxy) is 2. The number of amides is 3. The van der Waals surface area contributed by atoms with Gasteiger partial charge in [0.2, 0.25) is 12.7 Å². The minimum Gasteiger partial charge on any atom is -0.454 e. The number of carbonyl (C=O) groups is 2. The first-order valence-electron chi connectivity index (χ1n) is 10.3. The van der Waals surface area contributed by atoms with Crippen LogP contribution in [0.15, 0.2) is 71.2 Å². The number of carbonyl (C=O) groups excluding carboxylic acids is 2. The second-order valence-corrected chi connectivity index (χ2v) is 9.10. The Morgan fingerprint density at radius 2 is 1.88 bits per heavy atom. The lowest BCUT2D eigenvalue weighted by molar-refractivity contribution is -0.117. The van der Waals surface area contributed by atoms with Crippen molar-refractivity contribution < 1.29 is 19.1 Å². The van der Waals surface area contributed by atoms with E-state index in [9.17, 15) is 9.59 Å². The van der Waals surface area contributed by atoms with Crippen LogP contribution in [-0.4, -0.2) is 39.2 Å². The Morgan fingerprint density at radius 3 is 2.71 bits per heavy atom. The molecule has 34 heavy (non-hydrogen) atoms. The number of benzene rings is 2. The van der Waals surface area contributed by atoms with E-state index in [0.29, 0.717) is 28.9 Å². The number of thiophene rings is 1. The number of fused-ring (bicyclic) bond motifs is 1. The van der Waals surface area contributed by atoms with Crippen LogP contribution >= 0.6 is 23.1 Å². The summed E-state index contributed by atoms with van der Waals surface area (Å²) in [5.41, 5.74) is 1.58. The lowest BCUT2D eigenvalue weighted by Gasteiger charge is -2.10. The Labute approximate surface area is 203 Å². The third-order valence-corrected chi connectivity index (χ3v) is 6.69. The average Bonchev–Trinajstić information content (AvgIpc) is 3.59. The molecular formula is C23H19N5O4S2. The Kier molecular flexibility index (Phi) is 6.45. The molecule has 1 aliphatic heterocycles. The number of urea groups is 1. The SMILES string of the molecule is O=C(CSc1nnc(-c2cccs2)n1Cc1ccccc1)NC(=O)Nc1ccc2c(c1)OCO2. The molecular weight excluding hydrogens is 474 g/mol. The van der Waals surface area contributed by atoms with Crippen molar-refractivity contribution in [2.45, 2.75) is 11.7 Å². The van der Waals surface area contributed by atoms with Gasteiger partial charge in [-0.15, -0.1) is 21.5 Å². The first-order chi connectivity index (χ1) is 16.7. The lowest BCUT2D eigenvalue weighted by atomic mass is 10.2. The number of imide groups is 1. The molecule has 0 saturated carbocycles. The molecule has 3 amide bonds. The van der Waals surface area contributed by atoms with Gasteiger partial charge >= 0.3 is 6.03 Å². The minimum atomic E-state index is -0.630. The van der Waals surface area contributed by atoms with Crippen LogP contribution in [0.4, 0.5) is 10.5 Å². The van der Waals surface area contributed by atoms with Crippen LogP contribution in [0, 0.1) is 0 Å². The van der Waals surface area contributed by atoms with Crippen molar-refractivity contribution in [3.8, 4) is 22.2 Å². The van der Waals surface area contributed by atoms with E-state index in [0.717, 1.165) is 16.3 Å². The van der Waals surface area contributed by atoms with Gasteiger partial charge < -0.3 is 14.8 Å². The number of nitrogens with zero attached hydrogens (tertiary/aromatic N) is 3. The first-order valence-corrected chi connectivity index (χ1v) is 12.2. The highest BCUT2D eigenvalue weighted by molar-refractivity contribution is 7.99. The van der Waals surface area contributed by atoms with E-state index in [2.05, 4.69) is 20.8 Å². The minimum absolute atomic E-state index is 0.00588. The van der Waals surface area contributed by atoms with Crippen molar-refractivity contribution in [3.05, 3.63) is 71.6 Å². The normalized spacial score (nSPS) is 11.9. The van der Waals surface area contributed by atoms with Crippen LogP contribution in [0.2, 0.25) is 0 Å². The predicted octanol–water partition coefficient (Wildman–Crippen LogP) is 4.22. The molecule has 2 N–H and O–H groups in total. The molecule has 3 heterocycles. The number of anilines is 1. The molecule has 2 aromatic heterocycles. The number of hydrogen-bond acceptors (Lipinski definition) is 8. The average molecular weight is 494 g/mol. The monoisotopic (exact) mass is 493 g/mol. The first kappa shape index (κ1) is 22.0. The molecule has 0 aliphatic carbocycles. The van der Waals surface area contributed by atoms with E-state index in [-0.39, 0.29) is 12.5 Å². The number of thioether (sulfide) groups is 1. The molecule has 0 bridgehead atoms. The summed E-state index contributed by atoms with van der Waals surface area (Å²) < 4.78 is 12.5. The van der Waals surface area contributed by atoms with Crippen LogP contribution in [-0.2, 0) is 11.3 Å². The topological polar surface area (TPSA) is 107 Å². The maximum atomic E-state index is 12.4. The molecule has 0 saturated heterocycles. The molecule has 4 aromatic rings. The summed E-state index contributed by atoms with van der Waals surface area (Å²) in [6.07, 6.45) is 0. The summed E-state index contributed by atoms with van der Waals surface area (Å²) in [5.74, 6) is 1.45. The van der Waals surface area contributed by atoms with E-state index in [1.54, 1.807) is 29.5 Å². The number of hydrogen-bond donors (Lipinski definition) is 2. The lowest BCUT2D eigenvalue weighted by Crippen LogP contribution is -2.35. The maximum absolute atomic E-state index is 12.4. The molecule has 0 atom stereocenters. The van der Waals surface area contributed by atoms with Crippen molar-refractivity contribution in [3.63, 3.8) is 0 Å². The Morgan fingerprint density at radius 1 is 1.03 bits per heavy atom. The van der Waals surface area contributed by atoms with Gasteiger partial charge in [0.15, 0.2) is 22.5 Å². The van der Waals surface area contributed by atoms with Crippen molar-refractivity contribution in [1.29, 1.82) is 0 Å². The van der Waals surface area contributed by atoms with Gasteiger partial charge in [-0.05, 0) is 29.1 Å². The van der Waals surface area contributed by atoms with Crippen LogP contribution in [0.5, 0.6) is 11.5 Å². The summed E-state index contributed by atoms with van der Waals surface area (Å²) in [6.45, 7) is 0.708. The zero-order valence-corrected chi connectivity index (χ0v) is 19.4. The van der Waals surface area contributed by atoms with Crippen LogP contribution < -0.4 is 20.1 Å². The zero-order valence-electron chi connectivity index (χ0n) is 17.8. The van der Waals surface area contributed by atoms with Gasteiger partial charge in [0.05, 0.1) is 17.2 Å². The highest BCUT2D eigenvalue weighted by Gasteiger charge is 2.18. The molecule has 0 spiro atoms. The molecule has 1 aliphatic rings. The van der Waals surface area contributed by atoms with E-state index in [4.69, 9.17) is 9.47 Å². The summed E-state index contributed by atoms with van der Waals surface area (Å²) >= 11 is 2.80. The van der Waals surface area contributed by atoms with Crippen molar-refractivity contribution >= 4 is 40.7 Å². The number of aromatic nitrogens is 3. The fourth-order valence-corrected chi connectivity index (χ4v) is 4.78. The molecule has 0 fully saturated rings. The third-order valence-electron chi connectivity index (χ3n) is 4.86. The summed E-state index contributed by atoms with van der Waals surface area (Å²) in [5, 5.41) is 16.2. The van der Waals surface area contributed by atoms with Gasteiger partial charge in [0.25, 0.3) is 0 Å². The van der Waals surface area contributed by atoms with Crippen LogP contribution in [0.25, 0.3) is 10.7 Å². The smallest absolute Gasteiger partial charge is 0.325 e. The summed E-state index contributed by atoms with van der Waals surface area (Å²) in [7, 11) is 0. The predicted molar refractivity (Wildman–Crippen MR) is 129 cm³/mol. The molecule has 9 nitrogen and oxygen atoms in total. The fourth-order valence-electron chi connectivity index (χ4n) is 3.32. The largest absolute Gasteiger partial charge is 0.454 e. The molecule has 5 rings (SSSR count). The Bertz CT molecular complexity index is 1310. The quantitative estimate of drug-likeness (QED) is 0.371.